The summed E-state index contributed by atoms with van der Waals surface area (Å²) >= 11 is 0. The number of benzene rings is 1. The van der Waals surface area contributed by atoms with Crippen molar-refractivity contribution in [3.05, 3.63) is 29.3 Å². The lowest BCUT2D eigenvalue weighted by molar-refractivity contribution is -0.128. The summed E-state index contributed by atoms with van der Waals surface area (Å²) in [6.07, 6.45) is 3.94. The minimum absolute atomic E-state index is 0.150. The van der Waals surface area contributed by atoms with E-state index in [-0.39, 0.29) is 11.8 Å². The van der Waals surface area contributed by atoms with Gasteiger partial charge in [-0.05, 0) is 48.9 Å². The van der Waals surface area contributed by atoms with Crippen molar-refractivity contribution in [1.82, 2.24) is 5.32 Å². The van der Waals surface area contributed by atoms with E-state index >= 15 is 0 Å². The standard InChI is InChI=1S/C14H17NO2/c1-17-13-5-3-9-7-12-4-2-10(14(16)15-12)6-11(9)8-13/h3,5,8,10,12H,2,4,6-7H2,1H3,(H,15,16). The van der Waals surface area contributed by atoms with E-state index in [1.54, 1.807) is 7.11 Å². The molecule has 1 aliphatic carbocycles. The molecule has 4 rings (SSSR count). The maximum absolute atomic E-state index is 11.9. The molecule has 1 amide bonds. The fourth-order valence-electron chi connectivity index (χ4n) is 2.92. The van der Waals surface area contributed by atoms with E-state index < -0.39 is 0 Å². The lowest BCUT2D eigenvalue weighted by atomic mass is 9.81. The van der Waals surface area contributed by atoms with Gasteiger partial charge >= 0.3 is 0 Å². The number of fused-ring (bicyclic) bond motifs is 2. The van der Waals surface area contributed by atoms with Crippen LogP contribution in [0.3, 0.4) is 0 Å². The van der Waals surface area contributed by atoms with Gasteiger partial charge in [0, 0.05) is 12.0 Å². The van der Waals surface area contributed by atoms with Crippen molar-refractivity contribution >= 4 is 5.91 Å². The van der Waals surface area contributed by atoms with E-state index in [9.17, 15) is 4.79 Å². The van der Waals surface area contributed by atoms with Crippen molar-refractivity contribution in [1.29, 1.82) is 0 Å². The highest BCUT2D eigenvalue weighted by molar-refractivity contribution is 5.80. The monoisotopic (exact) mass is 231 g/mol. The molecule has 2 aliphatic heterocycles. The summed E-state index contributed by atoms with van der Waals surface area (Å²) in [7, 11) is 1.68. The molecule has 0 radical (unpaired) electrons. The molecule has 2 bridgehead atoms. The normalized spacial score (nSPS) is 26.8. The summed E-state index contributed by atoms with van der Waals surface area (Å²) in [6, 6.07) is 6.56. The molecule has 0 spiro atoms. The molecule has 1 aromatic carbocycles. The summed E-state index contributed by atoms with van der Waals surface area (Å²) in [5.41, 5.74) is 2.65. The average Bonchev–Trinajstić information content (AvgIpc) is 2.31. The van der Waals surface area contributed by atoms with Crippen molar-refractivity contribution in [2.24, 2.45) is 5.92 Å². The van der Waals surface area contributed by atoms with Gasteiger partial charge in [-0.25, -0.2) is 0 Å². The molecule has 2 unspecified atom stereocenters. The average molecular weight is 231 g/mol. The van der Waals surface area contributed by atoms with Gasteiger partial charge < -0.3 is 10.1 Å². The van der Waals surface area contributed by atoms with Crippen LogP contribution in [0.25, 0.3) is 0 Å². The Morgan fingerprint density at radius 1 is 1.24 bits per heavy atom. The maximum Gasteiger partial charge on any atom is 0.223 e. The first-order valence-corrected chi connectivity index (χ1v) is 6.22. The Morgan fingerprint density at radius 2 is 2.12 bits per heavy atom. The van der Waals surface area contributed by atoms with Gasteiger partial charge in [0.05, 0.1) is 7.11 Å². The maximum atomic E-state index is 11.9. The van der Waals surface area contributed by atoms with Crippen LogP contribution in [0.4, 0.5) is 0 Å². The lowest BCUT2D eigenvalue weighted by Gasteiger charge is -2.33. The van der Waals surface area contributed by atoms with Crippen molar-refractivity contribution in [3.63, 3.8) is 0 Å². The number of nitrogens with one attached hydrogen (secondary N) is 1. The molecule has 0 saturated carbocycles. The van der Waals surface area contributed by atoms with Gasteiger partial charge in [0.15, 0.2) is 0 Å². The number of hydrogen-bond donors (Lipinski definition) is 1. The number of carbonyl (C=O) groups is 1. The molecule has 1 saturated heterocycles. The van der Waals surface area contributed by atoms with Crippen molar-refractivity contribution in [3.8, 4) is 5.75 Å². The van der Waals surface area contributed by atoms with Gasteiger partial charge in [-0.3, -0.25) is 4.79 Å². The molecule has 3 heteroatoms. The molecule has 3 aliphatic rings. The summed E-state index contributed by atoms with van der Waals surface area (Å²) < 4.78 is 5.26. The number of amides is 1. The Bertz CT molecular complexity index is 456. The largest absolute Gasteiger partial charge is 0.497 e. The zero-order valence-electron chi connectivity index (χ0n) is 10.0. The van der Waals surface area contributed by atoms with Crippen LogP contribution in [0.1, 0.15) is 24.0 Å². The zero-order valence-corrected chi connectivity index (χ0v) is 10.0. The minimum Gasteiger partial charge on any atom is -0.497 e. The van der Waals surface area contributed by atoms with E-state index in [2.05, 4.69) is 17.4 Å². The van der Waals surface area contributed by atoms with Gasteiger partial charge in [-0.1, -0.05) is 6.07 Å². The molecule has 2 heterocycles. The third-order valence-corrected chi connectivity index (χ3v) is 3.93. The van der Waals surface area contributed by atoms with Crippen LogP contribution >= 0.6 is 0 Å². The highest BCUT2D eigenvalue weighted by Gasteiger charge is 2.31. The molecule has 17 heavy (non-hydrogen) atoms. The SMILES string of the molecule is COc1ccc2c(c1)CC1CCC(C2)NC1=O. The van der Waals surface area contributed by atoms with Crippen LogP contribution < -0.4 is 10.1 Å². The molecule has 1 fully saturated rings. The smallest absolute Gasteiger partial charge is 0.223 e. The highest BCUT2D eigenvalue weighted by atomic mass is 16.5. The Kier molecular flexibility index (Phi) is 2.54. The molecule has 0 aromatic heterocycles. The molecule has 3 nitrogen and oxygen atoms in total. The Labute approximate surface area is 101 Å². The fraction of sp³-hybridized carbons (Fsp3) is 0.500. The molecule has 1 N–H and O–H groups in total. The van der Waals surface area contributed by atoms with Gasteiger partial charge in [-0.2, -0.15) is 0 Å². The topological polar surface area (TPSA) is 38.3 Å². The first-order chi connectivity index (χ1) is 8.26. The van der Waals surface area contributed by atoms with E-state index in [4.69, 9.17) is 4.74 Å². The summed E-state index contributed by atoms with van der Waals surface area (Å²) in [5.74, 6) is 1.27. The molecule has 90 valence electrons. The van der Waals surface area contributed by atoms with Crippen LogP contribution in [0.2, 0.25) is 0 Å². The zero-order chi connectivity index (χ0) is 11.8. The summed E-state index contributed by atoms with van der Waals surface area (Å²) in [4.78, 5) is 11.9. The van der Waals surface area contributed by atoms with Crippen molar-refractivity contribution in [2.75, 3.05) is 7.11 Å². The van der Waals surface area contributed by atoms with Gasteiger partial charge in [0.1, 0.15) is 5.75 Å². The number of hydrogen-bond acceptors (Lipinski definition) is 2. The summed E-state index contributed by atoms with van der Waals surface area (Å²) in [5, 5.41) is 3.12. The van der Waals surface area contributed by atoms with E-state index in [0.29, 0.717) is 6.04 Å². The van der Waals surface area contributed by atoms with Gasteiger partial charge in [0.25, 0.3) is 0 Å². The minimum atomic E-state index is 0.150. The quantitative estimate of drug-likeness (QED) is 0.798. The van der Waals surface area contributed by atoms with Crippen LogP contribution in [-0.4, -0.2) is 19.1 Å². The Hall–Kier alpha value is -1.51. The van der Waals surface area contributed by atoms with Crippen molar-refractivity contribution < 1.29 is 9.53 Å². The van der Waals surface area contributed by atoms with E-state index in [0.717, 1.165) is 31.4 Å². The van der Waals surface area contributed by atoms with Crippen LogP contribution in [-0.2, 0) is 17.6 Å². The first-order valence-electron chi connectivity index (χ1n) is 6.22. The van der Waals surface area contributed by atoms with Crippen molar-refractivity contribution in [2.45, 2.75) is 31.7 Å². The lowest BCUT2D eigenvalue weighted by Crippen LogP contribution is -2.47. The predicted molar refractivity (Wildman–Crippen MR) is 65.1 cm³/mol. The first kappa shape index (κ1) is 10.6. The fourth-order valence-corrected chi connectivity index (χ4v) is 2.92. The Morgan fingerprint density at radius 3 is 2.88 bits per heavy atom. The third kappa shape index (κ3) is 1.90. The van der Waals surface area contributed by atoms with Gasteiger partial charge in [-0.15, -0.1) is 0 Å². The Balaban J connectivity index is 1.99. The molecular weight excluding hydrogens is 214 g/mol. The second kappa shape index (κ2) is 4.06. The van der Waals surface area contributed by atoms with Crippen LogP contribution in [0.5, 0.6) is 5.75 Å². The summed E-state index contributed by atoms with van der Waals surface area (Å²) in [6.45, 7) is 0. The number of methoxy groups -OCH3 is 1. The molecule has 1 aromatic rings. The van der Waals surface area contributed by atoms with Crippen LogP contribution in [0.15, 0.2) is 18.2 Å². The third-order valence-electron chi connectivity index (χ3n) is 3.93. The second-order valence-electron chi connectivity index (χ2n) is 5.02. The number of carbonyl (C=O) groups excluding carboxylic acids is 1. The predicted octanol–water partition coefficient (Wildman–Crippen LogP) is 1.69. The highest BCUT2D eigenvalue weighted by Crippen LogP contribution is 2.30. The van der Waals surface area contributed by atoms with E-state index in [1.165, 1.54) is 11.1 Å². The van der Waals surface area contributed by atoms with Crippen LogP contribution in [0, 0.1) is 5.92 Å². The van der Waals surface area contributed by atoms with E-state index in [1.807, 2.05) is 6.07 Å². The molecular formula is C14H17NO2. The number of ether oxygens (including phenoxy) is 1. The number of rotatable bonds is 1. The number of piperidine rings is 1. The van der Waals surface area contributed by atoms with Gasteiger partial charge in [0.2, 0.25) is 5.91 Å². The molecule has 2 atom stereocenters. The second-order valence-corrected chi connectivity index (χ2v) is 5.02.